The molecule has 0 aliphatic heterocycles. The molecule has 7 atom stereocenters. The van der Waals surface area contributed by atoms with Crippen LogP contribution in [0.4, 0.5) is 0 Å². The smallest absolute Gasteiger partial charge is 0.0648 e. The van der Waals surface area contributed by atoms with Crippen LogP contribution in [0, 0.1) is 39.9 Å². The zero-order chi connectivity index (χ0) is 17.9. The fourth-order valence-corrected chi connectivity index (χ4v) is 8.40. The first-order valence-electron chi connectivity index (χ1n) is 11.1. The van der Waals surface area contributed by atoms with E-state index in [1.54, 1.807) is 0 Å². The van der Waals surface area contributed by atoms with E-state index < -0.39 is 0 Å². The summed E-state index contributed by atoms with van der Waals surface area (Å²) in [5.74, 6) is 3.72. The summed E-state index contributed by atoms with van der Waals surface area (Å²) in [6.45, 7) is 15.1. The van der Waals surface area contributed by atoms with Crippen LogP contribution in [0.5, 0.6) is 0 Å². The number of fused-ring (bicyclic) bond motifs is 5. The van der Waals surface area contributed by atoms with Crippen molar-refractivity contribution in [3.8, 4) is 0 Å². The van der Waals surface area contributed by atoms with Gasteiger partial charge in [-0.15, -0.1) is 6.58 Å². The van der Waals surface area contributed by atoms with Crippen molar-refractivity contribution >= 4 is 0 Å². The van der Waals surface area contributed by atoms with Crippen LogP contribution in [0.2, 0.25) is 0 Å². The van der Waals surface area contributed by atoms with Crippen molar-refractivity contribution in [2.45, 2.75) is 91.6 Å². The molecule has 0 heterocycles. The SMILES string of the molecule is C=CCOC1CC[C@H]2[C@H]3[C@@H](CC[C@]12C)[C@@]1(C)CCCCC1CC3(C)C. The van der Waals surface area contributed by atoms with Gasteiger partial charge in [0.1, 0.15) is 0 Å². The predicted octanol–water partition coefficient (Wildman–Crippen LogP) is 6.63. The Hall–Kier alpha value is -0.300. The fourth-order valence-electron chi connectivity index (χ4n) is 8.40. The lowest BCUT2D eigenvalue weighted by molar-refractivity contribution is -0.175. The molecule has 0 aromatic carbocycles. The molecule has 4 fully saturated rings. The molecule has 2 unspecified atom stereocenters. The lowest BCUT2D eigenvalue weighted by Gasteiger charge is -2.65. The molecule has 1 heteroatoms. The summed E-state index contributed by atoms with van der Waals surface area (Å²) in [6.07, 6.45) is 15.3. The van der Waals surface area contributed by atoms with Gasteiger partial charge in [-0.3, -0.25) is 0 Å². The molecule has 0 aromatic heterocycles. The van der Waals surface area contributed by atoms with Crippen LogP contribution in [0.3, 0.4) is 0 Å². The normalized spacial score (nSPS) is 51.3. The third-order valence-electron chi connectivity index (χ3n) is 9.57. The summed E-state index contributed by atoms with van der Waals surface area (Å²) in [5.41, 5.74) is 1.53. The van der Waals surface area contributed by atoms with Crippen molar-refractivity contribution in [3.63, 3.8) is 0 Å². The highest BCUT2D eigenvalue weighted by molar-refractivity contribution is 5.13. The Bertz CT molecular complexity index is 522. The lowest BCUT2D eigenvalue weighted by atomic mass is 9.40. The van der Waals surface area contributed by atoms with Crippen LogP contribution in [-0.4, -0.2) is 12.7 Å². The molecule has 4 aliphatic carbocycles. The minimum Gasteiger partial charge on any atom is -0.374 e. The van der Waals surface area contributed by atoms with E-state index in [0.717, 1.165) is 30.3 Å². The van der Waals surface area contributed by atoms with E-state index >= 15 is 0 Å². The summed E-state index contributed by atoms with van der Waals surface area (Å²) in [4.78, 5) is 0. The Morgan fingerprint density at radius 3 is 2.44 bits per heavy atom. The maximum Gasteiger partial charge on any atom is 0.0648 e. The average molecular weight is 345 g/mol. The van der Waals surface area contributed by atoms with E-state index in [9.17, 15) is 0 Å². The van der Waals surface area contributed by atoms with Crippen molar-refractivity contribution < 1.29 is 4.74 Å². The molecule has 4 aliphatic rings. The van der Waals surface area contributed by atoms with E-state index in [-0.39, 0.29) is 0 Å². The molecule has 142 valence electrons. The molecular weight excluding hydrogens is 304 g/mol. The highest BCUT2D eigenvalue weighted by atomic mass is 16.5. The molecule has 0 spiro atoms. The summed E-state index contributed by atoms with van der Waals surface area (Å²) >= 11 is 0. The zero-order valence-corrected chi connectivity index (χ0v) is 17.2. The Kier molecular flexibility index (Phi) is 4.42. The third kappa shape index (κ3) is 2.59. The second-order valence-electron chi connectivity index (χ2n) is 11.1. The number of rotatable bonds is 3. The standard InChI is InChI=1S/C24H40O/c1-6-15-25-20-11-10-18-21-19(12-14-24(18,20)5)23(4)13-8-7-9-17(23)16-22(21,2)3/h6,17-21H,1,7-16H2,2-5H3/t17?,18-,19+,20?,21-,23-,24-/m0/s1. The van der Waals surface area contributed by atoms with E-state index in [4.69, 9.17) is 4.74 Å². The number of hydrogen-bond acceptors (Lipinski definition) is 1. The van der Waals surface area contributed by atoms with Crippen LogP contribution in [-0.2, 0) is 4.74 Å². The van der Waals surface area contributed by atoms with E-state index in [1.807, 2.05) is 6.08 Å². The Morgan fingerprint density at radius 2 is 1.68 bits per heavy atom. The van der Waals surface area contributed by atoms with Crippen LogP contribution < -0.4 is 0 Å². The minimum absolute atomic E-state index is 0.402. The first-order chi connectivity index (χ1) is 11.8. The van der Waals surface area contributed by atoms with Gasteiger partial charge in [0.2, 0.25) is 0 Å². The number of ether oxygens (including phenoxy) is 1. The van der Waals surface area contributed by atoms with Crippen molar-refractivity contribution in [2.24, 2.45) is 39.9 Å². The second-order valence-corrected chi connectivity index (χ2v) is 11.1. The molecule has 4 rings (SSSR count). The molecule has 4 saturated carbocycles. The van der Waals surface area contributed by atoms with Gasteiger partial charge < -0.3 is 4.74 Å². The first-order valence-corrected chi connectivity index (χ1v) is 11.1. The van der Waals surface area contributed by atoms with Crippen molar-refractivity contribution in [3.05, 3.63) is 12.7 Å². The van der Waals surface area contributed by atoms with Crippen LogP contribution >= 0.6 is 0 Å². The monoisotopic (exact) mass is 344 g/mol. The maximum absolute atomic E-state index is 6.29. The van der Waals surface area contributed by atoms with E-state index in [2.05, 4.69) is 34.3 Å². The van der Waals surface area contributed by atoms with Crippen molar-refractivity contribution in [1.29, 1.82) is 0 Å². The van der Waals surface area contributed by atoms with Crippen LogP contribution in [0.25, 0.3) is 0 Å². The van der Waals surface area contributed by atoms with Gasteiger partial charge in [0, 0.05) is 0 Å². The van der Waals surface area contributed by atoms with Crippen LogP contribution in [0.15, 0.2) is 12.7 Å². The lowest BCUT2D eigenvalue weighted by Crippen LogP contribution is -2.59. The second kappa shape index (κ2) is 6.11. The summed E-state index contributed by atoms with van der Waals surface area (Å²) in [7, 11) is 0. The summed E-state index contributed by atoms with van der Waals surface area (Å²) < 4.78 is 6.29. The van der Waals surface area contributed by atoms with Crippen molar-refractivity contribution in [2.75, 3.05) is 6.61 Å². The minimum atomic E-state index is 0.402. The molecule has 1 nitrogen and oxygen atoms in total. The van der Waals surface area contributed by atoms with E-state index in [1.165, 1.54) is 57.8 Å². The molecule has 0 aromatic rings. The topological polar surface area (TPSA) is 9.23 Å². The van der Waals surface area contributed by atoms with Gasteiger partial charge in [-0.1, -0.05) is 46.6 Å². The molecule has 0 saturated heterocycles. The van der Waals surface area contributed by atoms with Gasteiger partial charge in [-0.05, 0) is 84.9 Å². The van der Waals surface area contributed by atoms with Gasteiger partial charge >= 0.3 is 0 Å². The summed E-state index contributed by atoms with van der Waals surface area (Å²) in [5, 5.41) is 0. The van der Waals surface area contributed by atoms with Gasteiger partial charge in [-0.2, -0.15) is 0 Å². The van der Waals surface area contributed by atoms with Gasteiger partial charge in [0.15, 0.2) is 0 Å². The van der Waals surface area contributed by atoms with Gasteiger partial charge in [0.05, 0.1) is 12.7 Å². The molecule has 0 N–H and O–H groups in total. The third-order valence-corrected chi connectivity index (χ3v) is 9.57. The van der Waals surface area contributed by atoms with E-state index in [0.29, 0.717) is 22.3 Å². The Morgan fingerprint density at radius 1 is 0.920 bits per heavy atom. The molecule has 0 amide bonds. The quantitative estimate of drug-likeness (QED) is 0.522. The predicted molar refractivity (Wildman–Crippen MR) is 105 cm³/mol. The molecule has 0 bridgehead atoms. The highest BCUT2D eigenvalue weighted by Gasteiger charge is 2.64. The van der Waals surface area contributed by atoms with Crippen LogP contribution in [0.1, 0.15) is 85.5 Å². The average Bonchev–Trinajstić information content (AvgIpc) is 2.89. The summed E-state index contributed by atoms with van der Waals surface area (Å²) in [6, 6.07) is 0. The van der Waals surface area contributed by atoms with Gasteiger partial charge in [0.25, 0.3) is 0 Å². The fraction of sp³-hybridized carbons (Fsp3) is 0.917. The largest absolute Gasteiger partial charge is 0.374 e. The number of hydrogen-bond donors (Lipinski definition) is 0. The Balaban J connectivity index is 1.66. The molecule has 0 radical (unpaired) electrons. The highest BCUT2D eigenvalue weighted by Crippen LogP contribution is 2.70. The maximum atomic E-state index is 6.29. The zero-order valence-electron chi connectivity index (χ0n) is 17.2. The molecular formula is C24H40O. The van der Waals surface area contributed by atoms with Crippen molar-refractivity contribution in [1.82, 2.24) is 0 Å². The molecule has 25 heavy (non-hydrogen) atoms. The Labute approximate surface area is 156 Å². The van der Waals surface area contributed by atoms with Gasteiger partial charge in [-0.25, -0.2) is 0 Å². The first kappa shape index (κ1) is 18.1.